The molecule has 1 aliphatic carbocycles. The fourth-order valence-corrected chi connectivity index (χ4v) is 5.17. The number of rotatable bonds is 2. The molecule has 3 aliphatic rings. The highest BCUT2D eigenvalue weighted by atomic mass is 32.1. The molecule has 0 aromatic carbocycles. The molecule has 0 unspecified atom stereocenters. The van der Waals surface area contributed by atoms with E-state index < -0.39 is 5.54 Å². The Morgan fingerprint density at radius 1 is 1.12 bits per heavy atom. The summed E-state index contributed by atoms with van der Waals surface area (Å²) in [6, 6.07) is 1.96. The quantitative estimate of drug-likeness (QED) is 0.837. The molecule has 1 aromatic heterocycles. The van der Waals surface area contributed by atoms with Crippen molar-refractivity contribution < 1.29 is 9.59 Å². The van der Waals surface area contributed by atoms with E-state index in [0.717, 1.165) is 58.0 Å². The predicted octanol–water partition coefficient (Wildman–Crippen LogP) is 3.10. The minimum atomic E-state index is -0.624. The van der Waals surface area contributed by atoms with E-state index in [1.807, 2.05) is 0 Å². The van der Waals surface area contributed by atoms with E-state index in [0.29, 0.717) is 6.67 Å². The number of nitrogens with one attached hydrogen (secondary N) is 1. The van der Waals surface area contributed by atoms with Crippen LogP contribution in [0.2, 0.25) is 0 Å². The normalized spacial score (nSPS) is 24.6. The van der Waals surface area contributed by atoms with Crippen molar-refractivity contribution in [3.63, 3.8) is 0 Å². The van der Waals surface area contributed by atoms with Crippen LogP contribution in [0.1, 0.15) is 55.4 Å². The fraction of sp³-hybridized carbons (Fsp3) is 0.667. The average molecular weight is 347 g/mol. The van der Waals surface area contributed by atoms with Gasteiger partial charge in [-0.05, 0) is 36.3 Å². The summed E-state index contributed by atoms with van der Waals surface area (Å²) in [5.41, 5.74) is 0.722. The van der Waals surface area contributed by atoms with Gasteiger partial charge in [0, 0.05) is 18.0 Å². The first-order chi connectivity index (χ1) is 11.7. The Bertz CT molecular complexity index is 634. The highest BCUT2D eigenvalue weighted by molar-refractivity contribution is 7.10. The molecular formula is C18H25N3O2S. The smallest absolute Gasteiger partial charge is 0.323 e. The summed E-state index contributed by atoms with van der Waals surface area (Å²) in [4.78, 5) is 30.7. The molecule has 24 heavy (non-hydrogen) atoms. The predicted molar refractivity (Wildman–Crippen MR) is 93.7 cm³/mol. The topological polar surface area (TPSA) is 52.7 Å². The molecule has 1 saturated carbocycles. The number of urea groups is 1. The number of hydrogen-bond acceptors (Lipinski definition) is 4. The molecule has 130 valence electrons. The second-order valence-electron chi connectivity index (χ2n) is 7.33. The van der Waals surface area contributed by atoms with Gasteiger partial charge in [-0.1, -0.05) is 32.1 Å². The van der Waals surface area contributed by atoms with Crippen molar-refractivity contribution in [2.45, 2.75) is 63.5 Å². The standard InChI is InChI=1S/C18H25N3O2S/c22-16-18(8-4-2-1-3-5-9-18)19-17(23)21(16)13-20-10-6-15-14(12-20)7-11-24-15/h7,11H,1-6,8-10,12-13H2,(H,19,23). The van der Waals surface area contributed by atoms with Crippen molar-refractivity contribution in [1.82, 2.24) is 15.1 Å². The molecule has 0 bridgehead atoms. The largest absolute Gasteiger partial charge is 0.326 e. The first-order valence-corrected chi connectivity index (χ1v) is 9.98. The van der Waals surface area contributed by atoms with E-state index in [9.17, 15) is 9.59 Å². The summed E-state index contributed by atoms with van der Waals surface area (Å²) in [6.07, 6.45) is 8.24. The molecule has 2 aliphatic heterocycles. The maximum Gasteiger partial charge on any atom is 0.326 e. The lowest BCUT2D eigenvalue weighted by atomic mass is 9.84. The average Bonchev–Trinajstić information content (AvgIpc) is 3.10. The van der Waals surface area contributed by atoms with Crippen LogP contribution < -0.4 is 5.32 Å². The number of carbonyl (C=O) groups is 2. The summed E-state index contributed by atoms with van der Waals surface area (Å²) < 4.78 is 0. The van der Waals surface area contributed by atoms with Gasteiger partial charge in [0.25, 0.3) is 5.91 Å². The molecule has 1 spiro atoms. The van der Waals surface area contributed by atoms with Crippen LogP contribution in [-0.2, 0) is 17.8 Å². The lowest BCUT2D eigenvalue weighted by Crippen LogP contribution is -2.48. The van der Waals surface area contributed by atoms with Gasteiger partial charge in [0.05, 0.1) is 6.67 Å². The molecule has 2 fully saturated rings. The number of thiophene rings is 1. The maximum absolute atomic E-state index is 13.0. The van der Waals surface area contributed by atoms with Crippen LogP contribution in [0.5, 0.6) is 0 Å². The Kier molecular flexibility index (Phi) is 4.35. The molecule has 1 N–H and O–H groups in total. The number of hydrogen-bond donors (Lipinski definition) is 1. The van der Waals surface area contributed by atoms with Gasteiger partial charge < -0.3 is 5.32 Å². The van der Waals surface area contributed by atoms with Crippen LogP contribution in [0.15, 0.2) is 11.4 Å². The Labute approximate surface area is 147 Å². The Morgan fingerprint density at radius 2 is 1.88 bits per heavy atom. The summed E-state index contributed by atoms with van der Waals surface area (Å²) in [5, 5.41) is 5.18. The summed E-state index contributed by atoms with van der Waals surface area (Å²) in [5.74, 6) is 0.00511. The number of carbonyl (C=O) groups excluding carboxylic acids is 2. The lowest BCUT2D eigenvalue weighted by molar-refractivity contribution is -0.133. The maximum atomic E-state index is 13.0. The van der Waals surface area contributed by atoms with Gasteiger partial charge >= 0.3 is 6.03 Å². The zero-order valence-corrected chi connectivity index (χ0v) is 14.9. The molecule has 5 nitrogen and oxygen atoms in total. The monoisotopic (exact) mass is 347 g/mol. The summed E-state index contributed by atoms with van der Waals surface area (Å²) in [7, 11) is 0. The van der Waals surface area contributed by atoms with Crippen molar-refractivity contribution in [2.24, 2.45) is 0 Å². The molecule has 0 atom stereocenters. The van der Waals surface area contributed by atoms with Crippen LogP contribution in [0.25, 0.3) is 0 Å². The van der Waals surface area contributed by atoms with Gasteiger partial charge in [-0.2, -0.15) is 0 Å². The van der Waals surface area contributed by atoms with Gasteiger partial charge in [0.15, 0.2) is 0 Å². The van der Waals surface area contributed by atoms with Gasteiger partial charge in [0.1, 0.15) is 5.54 Å². The first kappa shape index (κ1) is 16.1. The third-order valence-corrected chi connectivity index (χ3v) is 6.70. The van der Waals surface area contributed by atoms with Crippen molar-refractivity contribution in [3.8, 4) is 0 Å². The van der Waals surface area contributed by atoms with Crippen LogP contribution in [0, 0.1) is 0 Å². The van der Waals surface area contributed by atoms with E-state index in [1.54, 1.807) is 11.3 Å². The van der Waals surface area contributed by atoms with Crippen LogP contribution in [0.3, 0.4) is 0 Å². The van der Waals surface area contributed by atoms with E-state index in [2.05, 4.69) is 21.7 Å². The van der Waals surface area contributed by atoms with Crippen LogP contribution in [-0.4, -0.2) is 40.5 Å². The number of imide groups is 1. The molecule has 3 heterocycles. The summed E-state index contributed by atoms with van der Waals surface area (Å²) >= 11 is 1.81. The molecule has 1 aromatic rings. The SMILES string of the molecule is O=C1NC2(CCCCCCC2)C(=O)N1CN1CCc2sccc2C1. The second kappa shape index (κ2) is 6.48. The number of amides is 3. The van der Waals surface area contributed by atoms with Crippen molar-refractivity contribution in [1.29, 1.82) is 0 Å². The lowest BCUT2D eigenvalue weighted by Gasteiger charge is -2.31. The molecule has 3 amide bonds. The zero-order chi connectivity index (χ0) is 16.6. The number of nitrogens with zero attached hydrogens (tertiary/aromatic N) is 2. The molecule has 4 rings (SSSR count). The minimum absolute atomic E-state index is 0.00511. The van der Waals surface area contributed by atoms with Gasteiger partial charge in [-0.3, -0.25) is 9.69 Å². The highest BCUT2D eigenvalue weighted by Gasteiger charge is 2.50. The fourth-order valence-electron chi connectivity index (χ4n) is 4.28. The molecule has 6 heteroatoms. The third-order valence-electron chi connectivity index (χ3n) is 5.68. The number of fused-ring (bicyclic) bond motifs is 1. The molecular weight excluding hydrogens is 322 g/mol. The Balaban J connectivity index is 1.46. The van der Waals surface area contributed by atoms with E-state index in [4.69, 9.17) is 0 Å². The van der Waals surface area contributed by atoms with Crippen LogP contribution >= 0.6 is 11.3 Å². The van der Waals surface area contributed by atoms with Crippen LogP contribution in [0.4, 0.5) is 4.79 Å². The van der Waals surface area contributed by atoms with E-state index >= 15 is 0 Å². The van der Waals surface area contributed by atoms with Gasteiger partial charge in [-0.15, -0.1) is 11.3 Å². The zero-order valence-electron chi connectivity index (χ0n) is 14.1. The van der Waals surface area contributed by atoms with E-state index in [1.165, 1.54) is 21.8 Å². The van der Waals surface area contributed by atoms with Crippen molar-refractivity contribution in [2.75, 3.05) is 13.2 Å². The Hall–Kier alpha value is -1.40. The Morgan fingerprint density at radius 3 is 2.67 bits per heavy atom. The highest BCUT2D eigenvalue weighted by Crippen LogP contribution is 2.32. The van der Waals surface area contributed by atoms with Crippen molar-refractivity contribution >= 4 is 23.3 Å². The van der Waals surface area contributed by atoms with Gasteiger partial charge in [0.2, 0.25) is 0 Å². The third kappa shape index (κ3) is 2.86. The van der Waals surface area contributed by atoms with E-state index in [-0.39, 0.29) is 11.9 Å². The minimum Gasteiger partial charge on any atom is -0.323 e. The molecule has 1 saturated heterocycles. The second-order valence-corrected chi connectivity index (χ2v) is 8.33. The summed E-state index contributed by atoms with van der Waals surface area (Å²) in [6.45, 7) is 2.17. The van der Waals surface area contributed by atoms with Crippen molar-refractivity contribution in [3.05, 3.63) is 21.9 Å². The van der Waals surface area contributed by atoms with Gasteiger partial charge in [-0.25, -0.2) is 9.69 Å². The molecule has 0 radical (unpaired) electrons. The first-order valence-electron chi connectivity index (χ1n) is 9.10.